The number of fused-ring (bicyclic) bond motifs is 3. The molecule has 4 aliphatic carbocycles. The topological polar surface area (TPSA) is 74.6 Å². The summed E-state index contributed by atoms with van der Waals surface area (Å²) in [5, 5.41) is 20.3. The molecule has 0 aromatic rings. The summed E-state index contributed by atoms with van der Waals surface area (Å²) in [6, 6.07) is 0. The van der Waals surface area contributed by atoms with E-state index >= 15 is 0 Å². The van der Waals surface area contributed by atoms with Crippen LogP contribution in [0.2, 0.25) is 0 Å². The fourth-order valence-electron chi connectivity index (χ4n) is 7.55. The first kappa shape index (κ1) is 15.6. The highest BCUT2D eigenvalue weighted by Gasteiger charge is 2.67. The van der Waals surface area contributed by atoms with Crippen LogP contribution in [0.15, 0.2) is 0 Å². The minimum absolute atomic E-state index is 0.0989. The van der Waals surface area contributed by atoms with Crippen molar-refractivity contribution in [2.45, 2.75) is 71.3 Å². The molecule has 128 valence electrons. The molecule has 4 heteroatoms. The largest absolute Gasteiger partial charge is 0.481 e. The lowest BCUT2D eigenvalue weighted by molar-refractivity contribution is -0.195. The zero-order chi connectivity index (χ0) is 16.6. The smallest absolute Gasteiger partial charge is 0.309 e. The fraction of sp³-hybridized carbons (Fsp3) is 0.895. The van der Waals surface area contributed by atoms with Crippen molar-refractivity contribution in [2.24, 2.45) is 34.0 Å². The standard InChI is InChI=1S/C19H28O4/c1-17-8-12(20)9-18(2,16(22)23)14(17)5-6-19-7-11(13(21)10-19)3-4-15(17)19/h11-12,14-15,20H,3-10H2,1-2H3,(H,22,23)/t11-,12+,14+,15+,17-,18-,19+/m1/s1. The van der Waals surface area contributed by atoms with Crippen LogP contribution < -0.4 is 0 Å². The van der Waals surface area contributed by atoms with Crippen LogP contribution in [-0.4, -0.2) is 28.1 Å². The molecule has 0 aromatic heterocycles. The number of carboxylic acids is 1. The van der Waals surface area contributed by atoms with Crippen molar-refractivity contribution in [3.05, 3.63) is 0 Å². The summed E-state index contributed by atoms with van der Waals surface area (Å²) in [5.41, 5.74) is -0.895. The highest BCUT2D eigenvalue weighted by atomic mass is 16.4. The summed E-state index contributed by atoms with van der Waals surface area (Å²) in [5.74, 6) is 0.432. The van der Waals surface area contributed by atoms with E-state index in [1.165, 1.54) is 0 Å². The number of carbonyl (C=O) groups excluding carboxylic acids is 1. The lowest BCUT2D eigenvalue weighted by Gasteiger charge is -2.63. The maximum atomic E-state index is 12.3. The van der Waals surface area contributed by atoms with Crippen LogP contribution in [0.3, 0.4) is 0 Å². The highest BCUT2D eigenvalue weighted by molar-refractivity contribution is 5.84. The van der Waals surface area contributed by atoms with Crippen molar-refractivity contribution in [1.82, 2.24) is 0 Å². The van der Waals surface area contributed by atoms with Crippen LogP contribution in [0.1, 0.15) is 65.2 Å². The SMILES string of the molecule is C[C@@]12C[C@H](O)C[C@@](C)(C(=O)O)[C@H]1CC[C@]13CC(=O)[C@H](CC[C@H]12)C3. The van der Waals surface area contributed by atoms with Gasteiger partial charge in [-0.3, -0.25) is 9.59 Å². The number of Topliss-reactive ketones (excluding diaryl/α,β-unsaturated/α-hetero) is 1. The molecule has 4 rings (SSSR count). The molecule has 2 bridgehead atoms. The molecule has 0 heterocycles. The zero-order valence-electron chi connectivity index (χ0n) is 14.2. The molecule has 7 atom stereocenters. The van der Waals surface area contributed by atoms with Gasteiger partial charge in [-0.1, -0.05) is 6.92 Å². The van der Waals surface area contributed by atoms with Gasteiger partial charge in [0, 0.05) is 12.3 Å². The molecule has 0 amide bonds. The third kappa shape index (κ3) is 1.87. The van der Waals surface area contributed by atoms with Gasteiger partial charge < -0.3 is 10.2 Å². The summed E-state index contributed by atoms with van der Waals surface area (Å²) >= 11 is 0. The second-order valence-corrected chi connectivity index (χ2v) is 9.42. The van der Waals surface area contributed by atoms with Crippen LogP contribution in [0.5, 0.6) is 0 Å². The number of hydrogen-bond donors (Lipinski definition) is 2. The Morgan fingerprint density at radius 2 is 1.83 bits per heavy atom. The van der Waals surface area contributed by atoms with Crippen molar-refractivity contribution >= 4 is 11.8 Å². The summed E-state index contributed by atoms with van der Waals surface area (Å²) in [4.78, 5) is 24.3. The van der Waals surface area contributed by atoms with Gasteiger partial charge in [-0.05, 0) is 74.5 Å². The number of hydrogen-bond acceptors (Lipinski definition) is 3. The molecule has 0 aliphatic heterocycles. The second-order valence-electron chi connectivity index (χ2n) is 9.42. The molecule has 0 aromatic carbocycles. The predicted molar refractivity (Wildman–Crippen MR) is 84.7 cm³/mol. The Labute approximate surface area is 137 Å². The monoisotopic (exact) mass is 320 g/mol. The Bertz CT molecular complexity index is 572. The van der Waals surface area contributed by atoms with Crippen LogP contribution in [0.25, 0.3) is 0 Å². The molecule has 4 nitrogen and oxygen atoms in total. The maximum absolute atomic E-state index is 12.3. The van der Waals surface area contributed by atoms with Gasteiger partial charge >= 0.3 is 5.97 Å². The van der Waals surface area contributed by atoms with E-state index in [0.29, 0.717) is 31.0 Å². The molecule has 0 unspecified atom stereocenters. The first-order valence-electron chi connectivity index (χ1n) is 9.15. The van der Waals surface area contributed by atoms with Gasteiger partial charge in [0.2, 0.25) is 0 Å². The van der Waals surface area contributed by atoms with Crippen LogP contribution in [0.4, 0.5) is 0 Å². The normalized spacial score (nSPS) is 55.2. The molecule has 23 heavy (non-hydrogen) atoms. The van der Waals surface area contributed by atoms with E-state index in [0.717, 1.165) is 32.1 Å². The van der Waals surface area contributed by atoms with E-state index in [1.807, 2.05) is 6.92 Å². The van der Waals surface area contributed by atoms with Crippen LogP contribution in [0, 0.1) is 34.0 Å². The van der Waals surface area contributed by atoms with Crippen molar-refractivity contribution < 1.29 is 19.8 Å². The number of ketones is 1. The van der Waals surface area contributed by atoms with Gasteiger partial charge in [0.1, 0.15) is 5.78 Å². The number of carboxylic acid groups (broad SMARTS) is 1. The van der Waals surface area contributed by atoms with Crippen LogP contribution in [-0.2, 0) is 9.59 Å². The minimum Gasteiger partial charge on any atom is -0.481 e. The Kier molecular flexibility index (Phi) is 3.12. The minimum atomic E-state index is -0.840. The predicted octanol–water partition coefficient (Wildman–Crippen LogP) is 3.02. The summed E-state index contributed by atoms with van der Waals surface area (Å²) in [6.07, 6.45) is 6.13. The van der Waals surface area contributed by atoms with Crippen molar-refractivity contribution in [3.8, 4) is 0 Å². The number of aliphatic hydroxyl groups is 1. The van der Waals surface area contributed by atoms with E-state index in [2.05, 4.69) is 6.92 Å². The average Bonchev–Trinajstić information content (AvgIpc) is 2.67. The molecule has 1 spiro atoms. The molecule has 4 aliphatic rings. The Morgan fingerprint density at radius 3 is 2.52 bits per heavy atom. The zero-order valence-corrected chi connectivity index (χ0v) is 14.2. The third-order valence-electron chi connectivity index (χ3n) is 8.29. The van der Waals surface area contributed by atoms with Gasteiger partial charge in [0.15, 0.2) is 0 Å². The van der Waals surface area contributed by atoms with Crippen molar-refractivity contribution in [1.29, 1.82) is 0 Å². The number of rotatable bonds is 1. The Morgan fingerprint density at radius 1 is 1.09 bits per heavy atom. The van der Waals surface area contributed by atoms with Crippen LogP contribution >= 0.6 is 0 Å². The molecule has 0 saturated heterocycles. The van der Waals surface area contributed by atoms with Gasteiger partial charge in [0.25, 0.3) is 0 Å². The lowest BCUT2D eigenvalue weighted by Crippen LogP contribution is -2.60. The van der Waals surface area contributed by atoms with E-state index in [4.69, 9.17) is 0 Å². The molecule has 0 radical (unpaired) electrons. The molecule has 2 N–H and O–H groups in total. The van der Waals surface area contributed by atoms with Crippen molar-refractivity contribution in [3.63, 3.8) is 0 Å². The number of aliphatic carboxylic acids is 1. The Balaban J connectivity index is 1.77. The number of carbonyl (C=O) groups is 2. The van der Waals surface area contributed by atoms with Crippen molar-refractivity contribution in [2.75, 3.05) is 0 Å². The van der Waals surface area contributed by atoms with Gasteiger partial charge in [-0.15, -0.1) is 0 Å². The summed E-state index contributed by atoms with van der Waals surface area (Å²) in [6.45, 7) is 4.06. The van der Waals surface area contributed by atoms with E-state index < -0.39 is 17.5 Å². The summed E-state index contributed by atoms with van der Waals surface area (Å²) < 4.78 is 0. The second kappa shape index (κ2) is 4.59. The molecular weight excluding hydrogens is 292 g/mol. The van der Waals surface area contributed by atoms with E-state index in [1.54, 1.807) is 0 Å². The quantitative estimate of drug-likeness (QED) is 0.779. The third-order valence-corrected chi connectivity index (χ3v) is 8.29. The highest BCUT2D eigenvalue weighted by Crippen LogP contribution is 2.70. The number of aliphatic hydroxyl groups excluding tert-OH is 1. The average molecular weight is 320 g/mol. The molecule has 4 saturated carbocycles. The molecule has 4 fully saturated rings. The van der Waals surface area contributed by atoms with E-state index in [9.17, 15) is 19.8 Å². The fourth-order valence-corrected chi connectivity index (χ4v) is 7.55. The van der Waals surface area contributed by atoms with Gasteiger partial charge in [-0.2, -0.15) is 0 Å². The van der Waals surface area contributed by atoms with Gasteiger partial charge in [0.05, 0.1) is 11.5 Å². The lowest BCUT2D eigenvalue weighted by atomic mass is 9.40. The van der Waals surface area contributed by atoms with E-state index in [-0.39, 0.29) is 22.7 Å². The summed E-state index contributed by atoms with van der Waals surface area (Å²) in [7, 11) is 0. The van der Waals surface area contributed by atoms with Gasteiger partial charge in [-0.25, -0.2) is 0 Å². The first-order valence-corrected chi connectivity index (χ1v) is 9.15. The Hall–Kier alpha value is -0.900. The first-order chi connectivity index (χ1) is 10.7. The maximum Gasteiger partial charge on any atom is 0.309 e. The molecular formula is C19H28O4.